The van der Waals surface area contributed by atoms with E-state index in [0.29, 0.717) is 0 Å². The van der Waals surface area contributed by atoms with E-state index in [0.717, 1.165) is 50.0 Å². The van der Waals surface area contributed by atoms with Gasteiger partial charge in [-0.3, -0.25) is 0 Å². The molecule has 7 rings (SSSR count). The molecule has 0 spiro atoms. The van der Waals surface area contributed by atoms with Crippen molar-refractivity contribution < 1.29 is 25.9 Å². The summed E-state index contributed by atoms with van der Waals surface area (Å²) in [6.45, 7) is 8.20. The summed E-state index contributed by atoms with van der Waals surface area (Å²) in [5, 5.41) is 2.15. The van der Waals surface area contributed by atoms with E-state index in [2.05, 4.69) is 78.4 Å². The number of pyridine rings is 2. The Labute approximate surface area is 274 Å². The van der Waals surface area contributed by atoms with Crippen LogP contribution in [0.1, 0.15) is 51.7 Å². The minimum atomic E-state index is -0.667. The number of nitrogens with zero attached hydrogens (tertiary/aromatic N) is 2. The zero-order chi connectivity index (χ0) is 30.7. The van der Waals surface area contributed by atoms with E-state index in [-0.39, 0.29) is 25.5 Å². The first kappa shape index (κ1) is 29.7. The average molecular weight is 752 g/mol. The van der Waals surface area contributed by atoms with E-state index in [9.17, 15) is 0 Å². The molecule has 0 bridgehead atoms. The predicted octanol–water partition coefficient (Wildman–Crippen LogP) is 10.4. The summed E-state index contributed by atoms with van der Waals surface area (Å²) in [6.07, 6.45) is 3.72. The third-order valence-corrected chi connectivity index (χ3v) is 7.90. The molecule has 4 heteroatoms. The molecule has 1 radical (unpaired) electrons. The molecule has 0 aliphatic rings. The molecule has 3 heterocycles. The minimum Gasteiger partial charge on any atom is -0.501 e. The van der Waals surface area contributed by atoms with Crippen molar-refractivity contribution in [2.45, 2.75) is 39.0 Å². The van der Waals surface area contributed by atoms with Crippen molar-refractivity contribution in [2.75, 3.05) is 0 Å². The van der Waals surface area contributed by atoms with Crippen LogP contribution in [0.2, 0.25) is 0 Å². The number of para-hydroxylation sites is 1. The molecule has 0 N–H and O–H groups in total. The largest absolute Gasteiger partial charge is 0.501 e. The van der Waals surface area contributed by atoms with Crippen LogP contribution in [-0.2, 0) is 25.5 Å². The molecule has 0 saturated carbocycles. The summed E-state index contributed by atoms with van der Waals surface area (Å²) in [5.74, 6) is -0.667. The van der Waals surface area contributed by atoms with Crippen LogP contribution in [0.25, 0.3) is 44.5 Å². The zero-order valence-corrected chi connectivity index (χ0v) is 27.7. The van der Waals surface area contributed by atoms with Crippen LogP contribution in [0.4, 0.5) is 0 Å². The van der Waals surface area contributed by atoms with Gasteiger partial charge in [0, 0.05) is 44.7 Å². The Bertz CT molecular complexity index is 2010. The maximum absolute atomic E-state index is 8.22. The topological polar surface area (TPSA) is 38.9 Å². The molecule has 0 fully saturated rings. The Kier molecular flexibility index (Phi) is 9.12. The molecule has 44 heavy (non-hydrogen) atoms. The third-order valence-electron chi connectivity index (χ3n) is 7.90. The average Bonchev–Trinajstić information content (AvgIpc) is 3.45. The number of hydrogen-bond donors (Lipinski definition) is 0. The molecule has 4 aromatic carbocycles. The third kappa shape index (κ3) is 6.43. The van der Waals surface area contributed by atoms with Crippen LogP contribution >= 0.6 is 0 Å². The number of fused-ring (bicyclic) bond motifs is 3. The smallest absolute Gasteiger partial charge is 0.120 e. The molecule has 0 aliphatic heterocycles. The molecule has 3 aromatic heterocycles. The van der Waals surface area contributed by atoms with E-state index in [1.807, 2.05) is 92.8 Å². The molecule has 221 valence electrons. The second-order valence-electron chi connectivity index (χ2n) is 11.3. The second kappa shape index (κ2) is 13.5. The van der Waals surface area contributed by atoms with Crippen molar-refractivity contribution in [3.63, 3.8) is 0 Å². The quantitative estimate of drug-likeness (QED) is 0.164. The van der Waals surface area contributed by atoms with Crippen LogP contribution < -0.4 is 0 Å². The maximum atomic E-state index is 8.22. The molecule has 7 aromatic rings. The van der Waals surface area contributed by atoms with Gasteiger partial charge in [0.1, 0.15) is 5.58 Å². The van der Waals surface area contributed by atoms with Crippen molar-refractivity contribution in [2.24, 2.45) is 0 Å². The van der Waals surface area contributed by atoms with E-state index >= 15 is 0 Å². The van der Waals surface area contributed by atoms with Crippen molar-refractivity contribution in [3.8, 4) is 22.5 Å². The van der Waals surface area contributed by atoms with Crippen molar-refractivity contribution >= 4 is 21.9 Å². The Morgan fingerprint density at radius 1 is 0.727 bits per heavy atom. The Balaban J connectivity index is 0.000000175. The van der Waals surface area contributed by atoms with Gasteiger partial charge in [-0.1, -0.05) is 111 Å². The Hall–Kier alpha value is -4.37. The first-order chi connectivity index (χ1) is 21.2. The summed E-state index contributed by atoms with van der Waals surface area (Å²) in [5.41, 5.74) is 8.65. The normalized spacial score (nSPS) is 11.8. The minimum absolute atomic E-state index is 0. The Morgan fingerprint density at radius 3 is 2.23 bits per heavy atom. The van der Waals surface area contributed by atoms with Gasteiger partial charge < -0.3 is 14.4 Å². The van der Waals surface area contributed by atoms with E-state index in [1.54, 1.807) is 6.20 Å². The molecular formula is C40H34IrN2O-2. The van der Waals surface area contributed by atoms with Gasteiger partial charge in [-0.2, -0.15) is 0 Å². The van der Waals surface area contributed by atoms with Gasteiger partial charge in [0.2, 0.25) is 0 Å². The summed E-state index contributed by atoms with van der Waals surface area (Å²) >= 11 is 0. The van der Waals surface area contributed by atoms with E-state index in [1.165, 1.54) is 11.1 Å². The summed E-state index contributed by atoms with van der Waals surface area (Å²) in [6, 6.07) is 44.9. The van der Waals surface area contributed by atoms with Crippen LogP contribution in [0, 0.1) is 12.1 Å². The monoisotopic (exact) mass is 752 g/mol. The summed E-state index contributed by atoms with van der Waals surface area (Å²) in [4.78, 5) is 9.08. The first-order valence-electron chi connectivity index (χ1n) is 15.0. The van der Waals surface area contributed by atoms with Crippen LogP contribution in [0.15, 0.2) is 132 Å². The molecule has 0 amide bonds. The van der Waals surface area contributed by atoms with Gasteiger partial charge in [0.15, 0.2) is 0 Å². The molecule has 0 aliphatic carbocycles. The van der Waals surface area contributed by atoms with Gasteiger partial charge in [-0.05, 0) is 40.5 Å². The fourth-order valence-corrected chi connectivity index (χ4v) is 5.26. The number of aromatic nitrogens is 2. The Morgan fingerprint density at radius 2 is 1.50 bits per heavy atom. The van der Waals surface area contributed by atoms with Crippen LogP contribution in [0.5, 0.6) is 0 Å². The van der Waals surface area contributed by atoms with Crippen LogP contribution in [-0.4, -0.2) is 9.97 Å². The molecule has 3 nitrogen and oxygen atoms in total. The van der Waals surface area contributed by atoms with Crippen molar-refractivity contribution in [1.82, 2.24) is 9.97 Å². The van der Waals surface area contributed by atoms with Gasteiger partial charge in [-0.25, -0.2) is 0 Å². The number of hydrogen-bond acceptors (Lipinski definition) is 3. The summed E-state index contributed by atoms with van der Waals surface area (Å²) < 4.78 is 14.3. The fourth-order valence-electron chi connectivity index (χ4n) is 5.26. The fraction of sp³-hybridized carbons (Fsp3) is 0.150. The zero-order valence-electron chi connectivity index (χ0n) is 26.3. The van der Waals surface area contributed by atoms with Gasteiger partial charge in [0.05, 0.1) is 5.58 Å². The number of rotatable bonds is 5. The molecule has 0 atom stereocenters. The SMILES string of the molecule is CC(C)(c1ccccc1)c1ccc(-c2[c-]cccc2)nc1.[2H]C(C)(C)c1ccnc(-c2[c-]ccc3c2oc2ccccc23)c1.[Ir]. The van der Waals surface area contributed by atoms with Crippen molar-refractivity contribution in [1.29, 1.82) is 0 Å². The van der Waals surface area contributed by atoms with Gasteiger partial charge >= 0.3 is 0 Å². The van der Waals surface area contributed by atoms with Crippen LogP contribution in [0.3, 0.4) is 0 Å². The van der Waals surface area contributed by atoms with E-state index < -0.39 is 5.89 Å². The maximum Gasteiger partial charge on any atom is 0.120 e. The second-order valence-corrected chi connectivity index (χ2v) is 11.3. The first-order valence-corrected chi connectivity index (χ1v) is 14.5. The number of furan rings is 1. The molecular weight excluding hydrogens is 717 g/mol. The number of benzene rings is 4. The van der Waals surface area contributed by atoms with E-state index in [4.69, 9.17) is 5.79 Å². The predicted molar refractivity (Wildman–Crippen MR) is 177 cm³/mol. The van der Waals surface area contributed by atoms with Gasteiger partial charge in [-0.15, -0.1) is 54.1 Å². The van der Waals surface area contributed by atoms with Crippen molar-refractivity contribution in [3.05, 3.63) is 156 Å². The molecule has 0 saturated heterocycles. The molecule has 0 unspecified atom stereocenters. The van der Waals surface area contributed by atoms with Gasteiger partial charge in [0.25, 0.3) is 0 Å². The standard InChI is InChI=1S/C20H16NO.C20H18N.Ir/c1-13(2)14-10-11-21-18(12-14)17-8-5-7-16-15-6-3-4-9-19(15)22-20(16)17;1-20(2,17-11-7-4-8-12-17)18-13-14-19(21-15-18)16-9-5-3-6-10-16;/h3-7,9-13H,1-2H3;3-9,11-15H,1-2H3;/q2*-1;/i13D;;. The summed E-state index contributed by atoms with van der Waals surface area (Å²) in [7, 11) is 0.